The van der Waals surface area contributed by atoms with Gasteiger partial charge in [0.25, 0.3) is 5.91 Å². The zero-order valence-electron chi connectivity index (χ0n) is 17.6. The Hall–Kier alpha value is -3.39. The smallest absolute Gasteiger partial charge is 0.251 e. The second-order valence-electron chi connectivity index (χ2n) is 7.54. The molecule has 0 radical (unpaired) electrons. The van der Waals surface area contributed by atoms with Crippen molar-refractivity contribution in [3.05, 3.63) is 76.3 Å². The first-order chi connectivity index (χ1) is 15.3. The summed E-state index contributed by atoms with van der Waals surface area (Å²) >= 11 is 1.16. The zero-order chi connectivity index (χ0) is 22.8. The van der Waals surface area contributed by atoms with Crippen LogP contribution in [0.1, 0.15) is 30.2 Å². The van der Waals surface area contributed by atoms with Gasteiger partial charge in [-0.05, 0) is 55.2 Å². The van der Waals surface area contributed by atoms with Crippen molar-refractivity contribution in [2.45, 2.75) is 26.7 Å². The third kappa shape index (κ3) is 4.31. The summed E-state index contributed by atoms with van der Waals surface area (Å²) in [6.45, 7) is 3.59. The van der Waals surface area contributed by atoms with Crippen LogP contribution in [-0.4, -0.2) is 23.3 Å². The Morgan fingerprint density at radius 2 is 1.97 bits per heavy atom. The number of para-hydroxylation sites is 1. The van der Waals surface area contributed by atoms with Crippen molar-refractivity contribution in [3.8, 4) is 0 Å². The lowest BCUT2D eigenvalue weighted by atomic mass is 9.99. The number of thiazole rings is 1. The van der Waals surface area contributed by atoms with Gasteiger partial charge in [-0.3, -0.25) is 14.5 Å². The molecule has 2 aromatic carbocycles. The normalized spacial score (nSPS) is 13.3. The largest absolute Gasteiger partial charge is 0.306 e. The maximum atomic E-state index is 14.6. The molecule has 1 aromatic heterocycles. The van der Waals surface area contributed by atoms with E-state index in [9.17, 15) is 18.4 Å². The van der Waals surface area contributed by atoms with Crippen LogP contribution in [0.5, 0.6) is 0 Å². The molecule has 32 heavy (non-hydrogen) atoms. The first-order valence-electron chi connectivity index (χ1n) is 10.1. The van der Waals surface area contributed by atoms with E-state index in [2.05, 4.69) is 4.98 Å². The molecule has 0 saturated carbocycles. The fourth-order valence-electron chi connectivity index (χ4n) is 3.80. The third-order valence-corrected chi connectivity index (χ3v) is 6.00. The number of amides is 2. The molecule has 0 bridgehead atoms. The molecule has 1 aliphatic rings. The standard InChI is InChI=1S/C24H21F2N3O2S/c1-15-12-17-6-5-11-28(23(17)20(26)13-15)22(31)10-9-18-14-32-24(27-18)29(16(2)30)21-8-4-3-7-19(21)25/h3-4,7-10,12-14H,5-6,11H2,1-2H3/b10-9+. The van der Waals surface area contributed by atoms with Gasteiger partial charge in [0.2, 0.25) is 5.91 Å². The molecule has 0 spiro atoms. The number of carbonyl (C=O) groups is 2. The quantitative estimate of drug-likeness (QED) is 0.497. The highest BCUT2D eigenvalue weighted by atomic mass is 32.1. The fourth-order valence-corrected chi connectivity index (χ4v) is 4.65. The zero-order valence-corrected chi connectivity index (χ0v) is 18.5. The number of fused-ring (bicyclic) bond motifs is 1. The molecule has 0 saturated heterocycles. The lowest BCUT2D eigenvalue weighted by molar-refractivity contribution is -0.116. The van der Waals surface area contributed by atoms with Crippen molar-refractivity contribution in [1.82, 2.24) is 4.98 Å². The lowest BCUT2D eigenvalue weighted by Gasteiger charge is -2.29. The van der Waals surface area contributed by atoms with E-state index in [4.69, 9.17) is 0 Å². The van der Waals surface area contributed by atoms with E-state index in [0.29, 0.717) is 23.1 Å². The molecule has 2 amide bonds. The van der Waals surface area contributed by atoms with Crippen LogP contribution < -0.4 is 9.80 Å². The fraction of sp³-hybridized carbons (Fsp3) is 0.208. The summed E-state index contributed by atoms with van der Waals surface area (Å²) in [5.41, 5.74) is 2.54. The highest BCUT2D eigenvalue weighted by Gasteiger charge is 2.25. The number of nitrogens with zero attached hydrogens (tertiary/aromatic N) is 3. The van der Waals surface area contributed by atoms with Gasteiger partial charge >= 0.3 is 0 Å². The molecule has 164 valence electrons. The SMILES string of the molecule is CC(=O)N(c1nc(/C=C/C(=O)N2CCCc3cc(C)cc(F)c32)cs1)c1ccccc1F. The summed E-state index contributed by atoms with van der Waals surface area (Å²) in [6.07, 6.45) is 4.34. The van der Waals surface area contributed by atoms with Crippen molar-refractivity contribution in [2.75, 3.05) is 16.3 Å². The summed E-state index contributed by atoms with van der Waals surface area (Å²) in [5.74, 6) is -1.67. The first kappa shape index (κ1) is 21.8. The molecule has 5 nitrogen and oxygen atoms in total. The van der Waals surface area contributed by atoms with Crippen LogP contribution >= 0.6 is 11.3 Å². The highest BCUT2D eigenvalue weighted by Crippen LogP contribution is 2.33. The van der Waals surface area contributed by atoms with Crippen molar-refractivity contribution < 1.29 is 18.4 Å². The summed E-state index contributed by atoms with van der Waals surface area (Å²) in [6, 6.07) is 9.30. The predicted molar refractivity (Wildman–Crippen MR) is 122 cm³/mol. The van der Waals surface area contributed by atoms with Crippen molar-refractivity contribution in [3.63, 3.8) is 0 Å². The van der Waals surface area contributed by atoms with Crippen LogP contribution in [-0.2, 0) is 16.0 Å². The number of aromatic nitrogens is 1. The van der Waals surface area contributed by atoms with Gasteiger partial charge in [0, 0.05) is 24.9 Å². The minimum Gasteiger partial charge on any atom is -0.306 e. The van der Waals surface area contributed by atoms with Gasteiger partial charge in [0.1, 0.15) is 11.6 Å². The molecule has 0 fully saturated rings. The number of hydrogen-bond acceptors (Lipinski definition) is 4. The van der Waals surface area contributed by atoms with E-state index in [1.807, 2.05) is 13.0 Å². The third-order valence-electron chi connectivity index (χ3n) is 5.16. The van der Waals surface area contributed by atoms with E-state index < -0.39 is 11.6 Å². The van der Waals surface area contributed by atoms with Crippen molar-refractivity contribution in [2.24, 2.45) is 0 Å². The van der Waals surface area contributed by atoms with Gasteiger partial charge in [-0.1, -0.05) is 18.2 Å². The molecule has 0 atom stereocenters. The van der Waals surface area contributed by atoms with E-state index in [1.54, 1.807) is 17.5 Å². The topological polar surface area (TPSA) is 53.5 Å². The van der Waals surface area contributed by atoms with Crippen LogP contribution in [0.2, 0.25) is 0 Å². The van der Waals surface area contributed by atoms with E-state index in [-0.39, 0.29) is 17.5 Å². The summed E-state index contributed by atoms with van der Waals surface area (Å²) in [5, 5.41) is 1.96. The molecule has 0 unspecified atom stereocenters. The average Bonchev–Trinajstić information content (AvgIpc) is 3.21. The molecule has 2 heterocycles. The Bertz CT molecular complexity index is 1220. The van der Waals surface area contributed by atoms with Gasteiger partial charge in [-0.2, -0.15) is 0 Å². The number of aryl methyl sites for hydroxylation is 2. The van der Waals surface area contributed by atoms with Gasteiger partial charge in [0.05, 0.1) is 17.1 Å². The average molecular weight is 454 g/mol. The Kier molecular flexibility index (Phi) is 6.14. The molecular formula is C24H21F2N3O2S. The molecule has 3 aromatic rings. The maximum Gasteiger partial charge on any atom is 0.251 e. The number of rotatable bonds is 4. The monoisotopic (exact) mass is 453 g/mol. The Balaban J connectivity index is 1.57. The molecule has 8 heteroatoms. The Labute approximate surface area is 188 Å². The second kappa shape index (κ2) is 9.00. The maximum absolute atomic E-state index is 14.6. The van der Waals surface area contributed by atoms with Crippen molar-refractivity contribution in [1.29, 1.82) is 0 Å². The van der Waals surface area contributed by atoms with Crippen molar-refractivity contribution >= 4 is 45.7 Å². The molecule has 0 aliphatic carbocycles. The number of benzene rings is 2. The number of hydrogen-bond donors (Lipinski definition) is 0. The van der Waals surface area contributed by atoms with Crippen LogP contribution in [0.4, 0.5) is 25.3 Å². The van der Waals surface area contributed by atoms with Crippen LogP contribution in [0.15, 0.2) is 47.9 Å². The minimum absolute atomic E-state index is 0.108. The van der Waals surface area contributed by atoms with Crippen LogP contribution in [0.3, 0.4) is 0 Å². The number of anilines is 3. The van der Waals surface area contributed by atoms with E-state index >= 15 is 0 Å². The molecule has 1 aliphatic heterocycles. The highest BCUT2D eigenvalue weighted by molar-refractivity contribution is 7.14. The van der Waals surface area contributed by atoms with Crippen LogP contribution in [0.25, 0.3) is 6.08 Å². The van der Waals surface area contributed by atoms with E-state index in [1.165, 1.54) is 47.1 Å². The second-order valence-corrected chi connectivity index (χ2v) is 8.38. The van der Waals surface area contributed by atoms with Crippen LogP contribution in [0, 0.1) is 18.6 Å². The van der Waals surface area contributed by atoms with E-state index in [0.717, 1.165) is 35.3 Å². The molecular weight excluding hydrogens is 432 g/mol. The number of halogens is 2. The Morgan fingerprint density at radius 3 is 2.72 bits per heavy atom. The molecule has 0 N–H and O–H groups in total. The summed E-state index contributed by atoms with van der Waals surface area (Å²) < 4.78 is 28.8. The van der Waals surface area contributed by atoms with Gasteiger partial charge in [0.15, 0.2) is 5.13 Å². The van der Waals surface area contributed by atoms with Gasteiger partial charge in [-0.15, -0.1) is 11.3 Å². The first-order valence-corrected chi connectivity index (χ1v) is 11.0. The number of carbonyl (C=O) groups excluding carboxylic acids is 2. The Morgan fingerprint density at radius 1 is 1.19 bits per heavy atom. The van der Waals surface area contributed by atoms with Gasteiger partial charge < -0.3 is 4.90 Å². The van der Waals surface area contributed by atoms with Gasteiger partial charge in [-0.25, -0.2) is 13.8 Å². The predicted octanol–water partition coefficient (Wildman–Crippen LogP) is 5.41. The summed E-state index contributed by atoms with van der Waals surface area (Å²) in [4.78, 5) is 32.0. The minimum atomic E-state index is -0.536. The molecule has 4 rings (SSSR count). The summed E-state index contributed by atoms with van der Waals surface area (Å²) in [7, 11) is 0. The lowest BCUT2D eigenvalue weighted by Crippen LogP contribution is -2.35.